The summed E-state index contributed by atoms with van der Waals surface area (Å²) in [5.74, 6) is -0.755. The molecule has 0 radical (unpaired) electrons. The normalized spacial score (nSPS) is 13.9. The lowest BCUT2D eigenvalue weighted by Crippen LogP contribution is -2.30. The standard InChI is InChI=1S/C13H6ClIN2O2/c14-7-3-4-10(9(15)6-7)17-12(18)8-2-1-5-16-11(8)13(17)19/h1-6H. The lowest BCUT2D eigenvalue weighted by molar-refractivity contribution is 0.0924. The van der Waals surface area contributed by atoms with E-state index in [4.69, 9.17) is 11.6 Å². The number of hydrogen-bond acceptors (Lipinski definition) is 3. The topological polar surface area (TPSA) is 50.3 Å². The van der Waals surface area contributed by atoms with Gasteiger partial charge >= 0.3 is 0 Å². The number of benzene rings is 1. The van der Waals surface area contributed by atoms with Crippen LogP contribution in [-0.4, -0.2) is 16.8 Å². The van der Waals surface area contributed by atoms with Crippen molar-refractivity contribution in [1.29, 1.82) is 0 Å². The van der Waals surface area contributed by atoms with E-state index in [9.17, 15) is 9.59 Å². The first-order chi connectivity index (χ1) is 9.09. The third-order valence-electron chi connectivity index (χ3n) is 2.80. The first-order valence-electron chi connectivity index (χ1n) is 5.38. The van der Waals surface area contributed by atoms with E-state index in [-0.39, 0.29) is 11.6 Å². The Bertz CT molecular complexity index is 683. The number of aromatic nitrogens is 1. The minimum absolute atomic E-state index is 0.193. The fourth-order valence-corrected chi connectivity index (χ4v) is 3.06. The zero-order valence-electron chi connectivity index (χ0n) is 9.43. The predicted octanol–water partition coefficient (Wildman–Crippen LogP) is 3.14. The van der Waals surface area contributed by atoms with Gasteiger partial charge in [0.1, 0.15) is 5.69 Å². The Balaban J connectivity index is 2.14. The van der Waals surface area contributed by atoms with Gasteiger partial charge in [-0.1, -0.05) is 11.6 Å². The maximum absolute atomic E-state index is 12.3. The van der Waals surface area contributed by atoms with Gasteiger partial charge in [-0.25, -0.2) is 4.90 Å². The second kappa shape index (κ2) is 4.57. The third kappa shape index (κ3) is 1.93. The van der Waals surface area contributed by atoms with Crippen molar-refractivity contribution in [3.05, 3.63) is 56.4 Å². The van der Waals surface area contributed by atoms with Crippen LogP contribution >= 0.6 is 34.2 Å². The van der Waals surface area contributed by atoms with Crippen LogP contribution in [0.4, 0.5) is 5.69 Å². The molecule has 0 unspecified atom stereocenters. The number of carbonyl (C=O) groups excluding carboxylic acids is 2. The molecule has 0 saturated heterocycles. The summed E-state index contributed by atoms with van der Waals surface area (Å²) in [7, 11) is 0. The molecule has 0 atom stereocenters. The SMILES string of the molecule is O=C1c2cccnc2C(=O)N1c1ccc(Cl)cc1I. The van der Waals surface area contributed by atoms with Crippen molar-refractivity contribution in [2.75, 3.05) is 4.90 Å². The number of anilines is 1. The van der Waals surface area contributed by atoms with E-state index in [0.717, 1.165) is 8.47 Å². The molecule has 2 amide bonds. The first kappa shape index (κ1) is 12.6. The van der Waals surface area contributed by atoms with Gasteiger partial charge in [-0.05, 0) is 52.9 Å². The van der Waals surface area contributed by atoms with Crippen molar-refractivity contribution in [1.82, 2.24) is 4.98 Å². The predicted molar refractivity (Wildman–Crippen MR) is 79.5 cm³/mol. The Morgan fingerprint density at radius 3 is 2.63 bits per heavy atom. The number of nitrogens with zero attached hydrogens (tertiary/aromatic N) is 2. The molecule has 94 valence electrons. The van der Waals surface area contributed by atoms with Gasteiger partial charge in [0.05, 0.1) is 11.3 Å². The van der Waals surface area contributed by atoms with Crippen LogP contribution in [0.25, 0.3) is 0 Å². The summed E-state index contributed by atoms with van der Waals surface area (Å²) in [4.78, 5) is 29.6. The number of amides is 2. The van der Waals surface area contributed by atoms with Crippen LogP contribution < -0.4 is 4.90 Å². The van der Waals surface area contributed by atoms with Crippen LogP contribution in [0.2, 0.25) is 5.02 Å². The van der Waals surface area contributed by atoms with Crippen molar-refractivity contribution in [3.8, 4) is 0 Å². The molecule has 0 saturated carbocycles. The van der Waals surface area contributed by atoms with E-state index in [1.54, 1.807) is 30.3 Å². The molecule has 1 aliphatic heterocycles. The van der Waals surface area contributed by atoms with Gasteiger partial charge in [0.25, 0.3) is 11.8 Å². The van der Waals surface area contributed by atoms with Crippen LogP contribution in [0.15, 0.2) is 36.5 Å². The van der Waals surface area contributed by atoms with Crippen LogP contribution in [0.3, 0.4) is 0 Å². The Morgan fingerprint density at radius 2 is 1.95 bits per heavy atom. The fraction of sp³-hybridized carbons (Fsp3) is 0. The van der Waals surface area contributed by atoms with Crippen molar-refractivity contribution in [2.45, 2.75) is 0 Å². The van der Waals surface area contributed by atoms with E-state index >= 15 is 0 Å². The van der Waals surface area contributed by atoms with Gasteiger partial charge in [0, 0.05) is 14.8 Å². The molecule has 2 aromatic rings. The summed E-state index contributed by atoms with van der Waals surface area (Å²) < 4.78 is 0.736. The first-order valence-corrected chi connectivity index (χ1v) is 6.84. The van der Waals surface area contributed by atoms with Crippen LogP contribution in [0, 0.1) is 3.57 Å². The average molecular weight is 385 g/mol. The van der Waals surface area contributed by atoms with Crippen molar-refractivity contribution < 1.29 is 9.59 Å². The van der Waals surface area contributed by atoms with E-state index in [2.05, 4.69) is 4.98 Å². The van der Waals surface area contributed by atoms with Gasteiger partial charge in [-0.2, -0.15) is 0 Å². The van der Waals surface area contributed by atoms with E-state index in [1.165, 1.54) is 6.20 Å². The Labute approximate surface area is 127 Å². The minimum Gasteiger partial charge on any atom is -0.268 e. The average Bonchev–Trinajstić information content (AvgIpc) is 2.64. The zero-order chi connectivity index (χ0) is 13.6. The number of carbonyl (C=O) groups is 2. The third-order valence-corrected chi connectivity index (χ3v) is 3.90. The molecule has 1 aliphatic rings. The van der Waals surface area contributed by atoms with Gasteiger partial charge < -0.3 is 0 Å². The monoisotopic (exact) mass is 384 g/mol. The van der Waals surface area contributed by atoms with Crippen molar-refractivity contribution >= 4 is 51.7 Å². The molecule has 6 heteroatoms. The molecule has 19 heavy (non-hydrogen) atoms. The molecule has 0 aliphatic carbocycles. The summed E-state index contributed by atoms with van der Waals surface area (Å²) in [6.45, 7) is 0. The fourth-order valence-electron chi connectivity index (χ4n) is 1.95. The maximum Gasteiger partial charge on any atom is 0.284 e. The van der Waals surface area contributed by atoms with Gasteiger partial charge in [0.15, 0.2) is 0 Å². The highest BCUT2D eigenvalue weighted by atomic mass is 127. The minimum atomic E-state index is -0.402. The van der Waals surface area contributed by atoms with Crippen LogP contribution in [0.5, 0.6) is 0 Å². The van der Waals surface area contributed by atoms with E-state index in [1.807, 2.05) is 22.6 Å². The quantitative estimate of drug-likeness (QED) is 0.561. The number of rotatable bonds is 1. The van der Waals surface area contributed by atoms with Crippen LogP contribution in [-0.2, 0) is 0 Å². The number of halogens is 2. The number of fused-ring (bicyclic) bond motifs is 1. The molecular weight excluding hydrogens is 379 g/mol. The lowest BCUT2D eigenvalue weighted by atomic mass is 10.2. The molecule has 1 aromatic carbocycles. The van der Waals surface area contributed by atoms with Gasteiger partial charge in [0.2, 0.25) is 0 Å². The van der Waals surface area contributed by atoms with Gasteiger partial charge in [-0.15, -0.1) is 0 Å². The summed E-state index contributed by atoms with van der Waals surface area (Å²) in [5, 5.41) is 0.558. The smallest absolute Gasteiger partial charge is 0.268 e. The molecule has 0 N–H and O–H groups in total. The highest BCUT2D eigenvalue weighted by Gasteiger charge is 2.38. The summed E-state index contributed by atoms with van der Waals surface area (Å²) in [6, 6.07) is 8.25. The molecule has 0 fully saturated rings. The molecule has 1 aromatic heterocycles. The molecule has 4 nitrogen and oxygen atoms in total. The van der Waals surface area contributed by atoms with Crippen LogP contribution in [0.1, 0.15) is 20.8 Å². The second-order valence-electron chi connectivity index (χ2n) is 3.94. The molecule has 3 rings (SSSR count). The largest absolute Gasteiger partial charge is 0.284 e. The molecule has 0 spiro atoms. The molecule has 2 heterocycles. The number of imide groups is 1. The Morgan fingerprint density at radius 1 is 1.16 bits per heavy atom. The Hall–Kier alpha value is -1.47. The van der Waals surface area contributed by atoms with Crippen molar-refractivity contribution in [2.24, 2.45) is 0 Å². The van der Waals surface area contributed by atoms with E-state index in [0.29, 0.717) is 16.3 Å². The summed E-state index contributed by atoms with van der Waals surface area (Å²) >= 11 is 7.92. The molecule has 0 bridgehead atoms. The van der Waals surface area contributed by atoms with Crippen molar-refractivity contribution in [3.63, 3.8) is 0 Å². The summed E-state index contributed by atoms with van der Waals surface area (Å²) in [5.41, 5.74) is 1.05. The Kier molecular flexibility index (Phi) is 3.02. The van der Waals surface area contributed by atoms with E-state index < -0.39 is 5.91 Å². The number of hydrogen-bond donors (Lipinski definition) is 0. The van der Waals surface area contributed by atoms with Gasteiger partial charge in [-0.3, -0.25) is 14.6 Å². The summed E-state index contributed by atoms with van der Waals surface area (Å²) in [6.07, 6.45) is 1.50. The maximum atomic E-state index is 12.3. The number of pyridine rings is 1. The molecular formula is C13H6ClIN2O2. The zero-order valence-corrected chi connectivity index (χ0v) is 12.3. The lowest BCUT2D eigenvalue weighted by Gasteiger charge is -2.15. The highest BCUT2D eigenvalue weighted by Crippen LogP contribution is 2.31. The second-order valence-corrected chi connectivity index (χ2v) is 5.54. The highest BCUT2D eigenvalue weighted by molar-refractivity contribution is 14.1.